The molecule has 2 aliphatic heterocycles. The molecule has 138 valence electrons. The van der Waals surface area contributed by atoms with E-state index in [2.05, 4.69) is 0 Å². The number of carboxylic acids is 1. The van der Waals surface area contributed by atoms with Crippen molar-refractivity contribution in [3.05, 3.63) is 0 Å². The van der Waals surface area contributed by atoms with Gasteiger partial charge in [-0.05, 0) is 26.2 Å². The second-order valence-corrected chi connectivity index (χ2v) is 8.50. The van der Waals surface area contributed by atoms with Crippen LogP contribution in [0.4, 0.5) is 0 Å². The fraction of sp³-hybridized carbons (Fsp3) is 0.867. The van der Waals surface area contributed by atoms with E-state index in [9.17, 15) is 18.0 Å². The summed E-state index contributed by atoms with van der Waals surface area (Å²) in [7, 11) is -3.47. The highest BCUT2D eigenvalue weighted by atomic mass is 32.2. The lowest BCUT2D eigenvalue weighted by Crippen LogP contribution is -2.58. The third-order valence-electron chi connectivity index (χ3n) is 4.41. The number of carboxylic acid groups (broad SMARTS) is 1. The molecular formula is C15H26N2O6S. The fourth-order valence-corrected chi connectivity index (χ4v) is 5.08. The number of hydrogen-bond donors (Lipinski definition) is 1. The third-order valence-corrected chi connectivity index (χ3v) is 6.48. The number of morpholine rings is 1. The number of aliphatic carboxylic acids is 1. The molecule has 24 heavy (non-hydrogen) atoms. The Morgan fingerprint density at radius 3 is 2.58 bits per heavy atom. The van der Waals surface area contributed by atoms with Crippen molar-refractivity contribution >= 4 is 21.9 Å². The Kier molecular flexibility index (Phi) is 6.22. The van der Waals surface area contributed by atoms with Gasteiger partial charge in [-0.15, -0.1) is 0 Å². The minimum absolute atomic E-state index is 0.0219. The number of hydrogen-bond acceptors (Lipinski definition) is 5. The summed E-state index contributed by atoms with van der Waals surface area (Å²) >= 11 is 0. The summed E-state index contributed by atoms with van der Waals surface area (Å²) in [5.74, 6) is -1.40. The average molecular weight is 362 g/mol. The first-order valence-corrected chi connectivity index (χ1v) is 10.0. The Hall–Kier alpha value is -1.19. The molecule has 0 saturated carbocycles. The van der Waals surface area contributed by atoms with Gasteiger partial charge in [0.15, 0.2) is 6.10 Å². The number of carbonyl (C=O) groups excluding carboxylic acids is 1. The van der Waals surface area contributed by atoms with E-state index in [1.165, 1.54) is 9.21 Å². The van der Waals surface area contributed by atoms with Gasteiger partial charge >= 0.3 is 5.97 Å². The highest BCUT2D eigenvalue weighted by molar-refractivity contribution is 7.89. The van der Waals surface area contributed by atoms with Gasteiger partial charge in [0, 0.05) is 13.1 Å². The number of sulfonamides is 1. The highest BCUT2D eigenvalue weighted by Gasteiger charge is 2.41. The van der Waals surface area contributed by atoms with Gasteiger partial charge in [-0.1, -0.05) is 13.3 Å². The summed E-state index contributed by atoms with van der Waals surface area (Å²) in [5.41, 5.74) is 0. The van der Waals surface area contributed by atoms with Crippen molar-refractivity contribution < 1.29 is 27.9 Å². The van der Waals surface area contributed by atoms with Crippen molar-refractivity contribution in [2.45, 2.75) is 57.8 Å². The Morgan fingerprint density at radius 1 is 1.25 bits per heavy atom. The molecule has 2 unspecified atom stereocenters. The normalized spacial score (nSPS) is 29.4. The molecule has 2 rings (SSSR count). The Labute approximate surface area is 142 Å². The van der Waals surface area contributed by atoms with Gasteiger partial charge in [0.25, 0.3) is 0 Å². The zero-order chi connectivity index (χ0) is 17.9. The van der Waals surface area contributed by atoms with Crippen LogP contribution in [0, 0.1) is 0 Å². The Bertz CT molecular complexity index is 579. The molecule has 0 bridgehead atoms. The molecule has 2 saturated heterocycles. The van der Waals surface area contributed by atoms with E-state index in [1.54, 1.807) is 13.8 Å². The van der Waals surface area contributed by atoms with E-state index in [1.807, 2.05) is 0 Å². The molecular weight excluding hydrogens is 336 g/mol. The van der Waals surface area contributed by atoms with Crippen molar-refractivity contribution in [2.24, 2.45) is 0 Å². The number of nitrogens with zero attached hydrogens (tertiary/aromatic N) is 2. The number of amides is 1. The molecule has 2 aliphatic rings. The maximum absolute atomic E-state index is 12.9. The fourth-order valence-electron chi connectivity index (χ4n) is 3.34. The van der Waals surface area contributed by atoms with Crippen molar-refractivity contribution in [3.63, 3.8) is 0 Å². The monoisotopic (exact) mass is 362 g/mol. The van der Waals surface area contributed by atoms with Crippen molar-refractivity contribution in [1.82, 2.24) is 9.21 Å². The molecule has 0 spiro atoms. The number of ether oxygens (including phenoxy) is 1. The van der Waals surface area contributed by atoms with Crippen molar-refractivity contribution in [1.29, 1.82) is 0 Å². The van der Waals surface area contributed by atoms with Crippen LogP contribution in [0.3, 0.4) is 0 Å². The van der Waals surface area contributed by atoms with Crippen LogP contribution >= 0.6 is 0 Å². The van der Waals surface area contributed by atoms with Gasteiger partial charge < -0.3 is 14.7 Å². The second-order valence-electron chi connectivity index (χ2n) is 6.46. The smallest absolute Gasteiger partial charge is 0.334 e. The van der Waals surface area contributed by atoms with Crippen LogP contribution in [-0.2, 0) is 24.3 Å². The van der Waals surface area contributed by atoms with E-state index < -0.39 is 34.2 Å². The van der Waals surface area contributed by atoms with Crippen LogP contribution in [0.2, 0.25) is 0 Å². The summed E-state index contributed by atoms with van der Waals surface area (Å²) in [6.07, 6.45) is 1.04. The van der Waals surface area contributed by atoms with Crippen molar-refractivity contribution in [2.75, 3.05) is 25.4 Å². The summed E-state index contributed by atoms with van der Waals surface area (Å²) in [5, 5.41) is 9.15. The van der Waals surface area contributed by atoms with Gasteiger partial charge in [0.1, 0.15) is 6.04 Å². The highest BCUT2D eigenvalue weighted by Crippen LogP contribution is 2.24. The topological polar surface area (TPSA) is 104 Å². The minimum Gasteiger partial charge on any atom is -0.479 e. The number of rotatable bonds is 5. The van der Waals surface area contributed by atoms with E-state index in [-0.39, 0.29) is 24.7 Å². The molecule has 3 atom stereocenters. The van der Waals surface area contributed by atoms with Gasteiger partial charge in [0.2, 0.25) is 15.9 Å². The first-order valence-electron chi connectivity index (χ1n) is 8.42. The molecule has 9 heteroatoms. The second kappa shape index (κ2) is 7.79. The van der Waals surface area contributed by atoms with Crippen LogP contribution in [0.1, 0.15) is 39.5 Å². The molecule has 0 aromatic heterocycles. The van der Waals surface area contributed by atoms with Crippen LogP contribution in [0.25, 0.3) is 0 Å². The summed E-state index contributed by atoms with van der Waals surface area (Å²) < 4.78 is 31.6. The SMILES string of the molecule is CCCS(=O)(=O)N1CCCCC1C(=O)N1CC(C(=O)O)O[C@H](C)C1. The standard InChI is InChI=1S/C15H26N2O6S/c1-3-8-24(21,22)17-7-5-4-6-12(17)14(18)16-9-11(2)23-13(10-16)15(19)20/h11-13H,3-10H2,1-2H3,(H,19,20)/t11-,12?,13?/m1/s1. The molecule has 1 amide bonds. The van der Waals surface area contributed by atoms with Gasteiger partial charge in [-0.25, -0.2) is 13.2 Å². The lowest BCUT2D eigenvalue weighted by molar-refractivity contribution is -0.168. The first kappa shape index (κ1) is 19.1. The summed E-state index contributed by atoms with van der Waals surface area (Å²) in [4.78, 5) is 25.5. The summed E-state index contributed by atoms with van der Waals surface area (Å²) in [6, 6.07) is -0.727. The summed E-state index contributed by atoms with van der Waals surface area (Å²) in [6.45, 7) is 4.08. The molecule has 0 radical (unpaired) electrons. The largest absolute Gasteiger partial charge is 0.479 e. The van der Waals surface area contributed by atoms with Crippen molar-refractivity contribution in [3.8, 4) is 0 Å². The van der Waals surface area contributed by atoms with E-state index in [0.29, 0.717) is 19.4 Å². The zero-order valence-corrected chi connectivity index (χ0v) is 15.0. The van der Waals surface area contributed by atoms with Crippen LogP contribution in [0.15, 0.2) is 0 Å². The van der Waals surface area contributed by atoms with Gasteiger partial charge in [0.05, 0.1) is 18.4 Å². The van der Waals surface area contributed by atoms with Crippen LogP contribution < -0.4 is 0 Å². The Morgan fingerprint density at radius 2 is 1.96 bits per heavy atom. The zero-order valence-electron chi connectivity index (χ0n) is 14.2. The van der Waals surface area contributed by atoms with E-state index in [0.717, 1.165) is 12.8 Å². The third kappa shape index (κ3) is 4.25. The first-order chi connectivity index (χ1) is 11.3. The van der Waals surface area contributed by atoms with E-state index in [4.69, 9.17) is 9.84 Å². The molecule has 0 aliphatic carbocycles. The maximum atomic E-state index is 12.9. The molecule has 2 fully saturated rings. The predicted molar refractivity (Wildman–Crippen MR) is 87.0 cm³/mol. The van der Waals surface area contributed by atoms with Crippen LogP contribution in [0.5, 0.6) is 0 Å². The quantitative estimate of drug-likeness (QED) is 0.753. The average Bonchev–Trinajstić information content (AvgIpc) is 2.53. The maximum Gasteiger partial charge on any atom is 0.334 e. The lowest BCUT2D eigenvalue weighted by Gasteiger charge is -2.40. The molecule has 0 aromatic carbocycles. The predicted octanol–water partition coefficient (Wildman–Crippen LogP) is 0.281. The van der Waals surface area contributed by atoms with E-state index >= 15 is 0 Å². The Balaban J connectivity index is 2.17. The lowest BCUT2D eigenvalue weighted by atomic mass is 10.0. The molecule has 8 nitrogen and oxygen atoms in total. The van der Waals surface area contributed by atoms with Gasteiger partial charge in [-0.2, -0.15) is 4.31 Å². The molecule has 0 aromatic rings. The van der Waals surface area contributed by atoms with Gasteiger partial charge in [-0.3, -0.25) is 4.79 Å². The number of piperidine rings is 1. The van der Waals surface area contributed by atoms with Crippen LogP contribution in [-0.4, -0.2) is 78.2 Å². The molecule has 1 N–H and O–H groups in total. The minimum atomic E-state index is -3.47. The number of carbonyl (C=O) groups is 2. The molecule has 2 heterocycles.